The Morgan fingerprint density at radius 1 is 1.25 bits per heavy atom. The number of methoxy groups -OCH3 is 1. The lowest BCUT2D eigenvalue weighted by molar-refractivity contribution is -0.143. The molecule has 128 valence electrons. The zero-order chi connectivity index (χ0) is 17.7. The van der Waals surface area contributed by atoms with Gasteiger partial charge in [0.1, 0.15) is 6.04 Å². The summed E-state index contributed by atoms with van der Waals surface area (Å²) in [5.41, 5.74) is 0.673. The van der Waals surface area contributed by atoms with Crippen molar-refractivity contribution in [3.63, 3.8) is 0 Å². The van der Waals surface area contributed by atoms with Crippen LogP contribution in [0.4, 0.5) is 0 Å². The van der Waals surface area contributed by atoms with Gasteiger partial charge in [0.25, 0.3) is 5.91 Å². The number of amides is 3. The molecular weight excluding hydrogens is 314 g/mol. The smallest absolute Gasteiger partial charge is 0.337 e. The molecule has 1 aromatic rings. The Bertz CT molecular complexity index is 656. The minimum absolute atomic E-state index is 0.00133. The molecule has 2 rings (SSSR count). The quantitative estimate of drug-likeness (QED) is 0.710. The summed E-state index contributed by atoms with van der Waals surface area (Å²) in [5, 5.41) is 5.17. The van der Waals surface area contributed by atoms with E-state index < -0.39 is 17.9 Å². The van der Waals surface area contributed by atoms with Gasteiger partial charge in [-0.3, -0.25) is 14.4 Å². The van der Waals surface area contributed by atoms with E-state index in [1.54, 1.807) is 6.92 Å². The first kappa shape index (κ1) is 17.5. The molecule has 1 atom stereocenters. The lowest BCUT2D eigenvalue weighted by Crippen LogP contribution is -2.61. The molecule has 0 bridgehead atoms. The van der Waals surface area contributed by atoms with Gasteiger partial charge >= 0.3 is 5.97 Å². The molecule has 0 unspecified atom stereocenters. The predicted octanol–water partition coefficient (Wildman–Crippen LogP) is -0.450. The zero-order valence-corrected chi connectivity index (χ0v) is 13.5. The van der Waals surface area contributed by atoms with Crippen LogP contribution in [0.3, 0.4) is 0 Å². The van der Waals surface area contributed by atoms with Gasteiger partial charge in [-0.05, 0) is 31.2 Å². The Balaban J connectivity index is 1.96. The third kappa shape index (κ3) is 3.89. The van der Waals surface area contributed by atoms with Crippen LogP contribution in [0.2, 0.25) is 0 Å². The number of piperazine rings is 1. The summed E-state index contributed by atoms with van der Waals surface area (Å²) in [6, 6.07) is 5.16. The van der Waals surface area contributed by atoms with E-state index in [0.717, 1.165) is 0 Å². The van der Waals surface area contributed by atoms with Crippen molar-refractivity contribution < 1.29 is 23.9 Å². The van der Waals surface area contributed by atoms with E-state index >= 15 is 0 Å². The van der Waals surface area contributed by atoms with E-state index in [9.17, 15) is 19.2 Å². The van der Waals surface area contributed by atoms with Crippen molar-refractivity contribution in [1.82, 2.24) is 15.5 Å². The molecular formula is C16H19N3O5. The van der Waals surface area contributed by atoms with Crippen LogP contribution >= 0.6 is 0 Å². The fourth-order valence-electron chi connectivity index (χ4n) is 2.35. The Kier molecular flexibility index (Phi) is 5.51. The molecule has 1 aliphatic rings. The van der Waals surface area contributed by atoms with Crippen molar-refractivity contribution in [2.75, 3.05) is 26.7 Å². The van der Waals surface area contributed by atoms with Gasteiger partial charge in [0.15, 0.2) is 0 Å². The zero-order valence-electron chi connectivity index (χ0n) is 13.5. The van der Waals surface area contributed by atoms with Crippen LogP contribution in [0.5, 0.6) is 0 Å². The molecule has 1 heterocycles. The van der Waals surface area contributed by atoms with E-state index in [-0.39, 0.29) is 24.9 Å². The minimum Gasteiger partial charge on any atom is -0.465 e. The van der Waals surface area contributed by atoms with Gasteiger partial charge in [0.2, 0.25) is 11.8 Å². The summed E-state index contributed by atoms with van der Waals surface area (Å²) >= 11 is 0. The molecule has 8 heteroatoms. The first-order valence-corrected chi connectivity index (χ1v) is 7.51. The SMILES string of the molecule is CCN1CC(=O)N[C@@H](CNC(=O)c2ccc(C(=O)OC)cc2)C1=O. The first-order valence-electron chi connectivity index (χ1n) is 7.51. The van der Waals surface area contributed by atoms with Gasteiger partial charge in [-0.1, -0.05) is 0 Å². The molecule has 0 radical (unpaired) electrons. The van der Waals surface area contributed by atoms with Crippen molar-refractivity contribution in [2.45, 2.75) is 13.0 Å². The van der Waals surface area contributed by atoms with Gasteiger partial charge in [-0.25, -0.2) is 4.79 Å². The van der Waals surface area contributed by atoms with Gasteiger partial charge < -0.3 is 20.3 Å². The van der Waals surface area contributed by atoms with Gasteiger partial charge in [-0.15, -0.1) is 0 Å². The standard InChI is InChI=1S/C16H19N3O5/c1-3-19-9-13(20)18-12(15(19)22)8-17-14(21)10-4-6-11(7-5-10)16(23)24-2/h4-7,12H,3,8-9H2,1-2H3,(H,17,21)(H,18,20)/t12-/m0/s1. The third-order valence-electron chi connectivity index (χ3n) is 3.70. The van der Waals surface area contributed by atoms with Crippen molar-refractivity contribution >= 4 is 23.7 Å². The number of nitrogens with one attached hydrogen (secondary N) is 2. The number of esters is 1. The Morgan fingerprint density at radius 2 is 1.88 bits per heavy atom. The molecule has 0 aliphatic carbocycles. The van der Waals surface area contributed by atoms with Crippen LogP contribution in [0.1, 0.15) is 27.6 Å². The largest absolute Gasteiger partial charge is 0.465 e. The number of rotatable bonds is 5. The van der Waals surface area contributed by atoms with Crippen LogP contribution in [-0.4, -0.2) is 61.4 Å². The molecule has 0 aromatic heterocycles. The fourth-order valence-corrected chi connectivity index (χ4v) is 2.35. The van der Waals surface area contributed by atoms with Gasteiger partial charge in [-0.2, -0.15) is 0 Å². The lowest BCUT2D eigenvalue weighted by Gasteiger charge is -2.31. The summed E-state index contributed by atoms with van der Waals surface area (Å²) in [4.78, 5) is 48.6. The summed E-state index contributed by atoms with van der Waals surface area (Å²) in [7, 11) is 1.28. The summed E-state index contributed by atoms with van der Waals surface area (Å²) in [5.74, 6) is -1.37. The highest BCUT2D eigenvalue weighted by Crippen LogP contribution is 2.06. The van der Waals surface area contributed by atoms with Crippen molar-refractivity contribution in [3.8, 4) is 0 Å². The molecule has 1 fully saturated rings. The highest BCUT2D eigenvalue weighted by molar-refractivity contribution is 5.98. The number of carbonyl (C=O) groups is 4. The minimum atomic E-state index is -0.774. The molecule has 1 aromatic carbocycles. The van der Waals surface area contributed by atoms with E-state index in [1.165, 1.54) is 36.3 Å². The predicted molar refractivity (Wildman–Crippen MR) is 84.3 cm³/mol. The lowest BCUT2D eigenvalue weighted by atomic mass is 10.1. The normalized spacial score (nSPS) is 17.2. The van der Waals surface area contributed by atoms with Crippen LogP contribution in [0.25, 0.3) is 0 Å². The second-order valence-corrected chi connectivity index (χ2v) is 5.25. The van der Waals surface area contributed by atoms with E-state index in [2.05, 4.69) is 15.4 Å². The number of ether oxygens (including phenoxy) is 1. The van der Waals surface area contributed by atoms with Crippen LogP contribution < -0.4 is 10.6 Å². The van der Waals surface area contributed by atoms with Crippen LogP contribution in [-0.2, 0) is 14.3 Å². The number of nitrogens with zero attached hydrogens (tertiary/aromatic N) is 1. The molecule has 8 nitrogen and oxygen atoms in total. The monoisotopic (exact) mass is 333 g/mol. The van der Waals surface area contributed by atoms with E-state index in [0.29, 0.717) is 17.7 Å². The fraction of sp³-hybridized carbons (Fsp3) is 0.375. The van der Waals surface area contributed by atoms with Crippen molar-refractivity contribution in [2.24, 2.45) is 0 Å². The summed E-state index contributed by atoms with van der Waals surface area (Å²) in [6.07, 6.45) is 0. The average Bonchev–Trinajstić information content (AvgIpc) is 2.61. The second kappa shape index (κ2) is 7.58. The number of hydrogen-bond donors (Lipinski definition) is 2. The number of carbonyl (C=O) groups excluding carboxylic acids is 4. The van der Waals surface area contributed by atoms with E-state index in [1.807, 2.05) is 0 Å². The number of likely N-dealkylation sites (N-methyl/N-ethyl adjacent to an activating group) is 1. The Hall–Kier alpha value is -2.90. The van der Waals surface area contributed by atoms with Gasteiger partial charge in [0, 0.05) is 18.7 Å². The summed E-state index contributed by atoms with van der Waals surface area (Å²) < 4.78 is 4.58. The van der Waals surface area contributed by atoms with E-state index in [4.69, 9.17) is 0 Å². The maximum absolute atomic E-state index is 12.1. The molecule has 0 spiro atoms. The molecule has 24 heavy (non-hydrogen) atoms. The van der Waals surface area contributed by atoms with Crippen molar-refractivity contribution in [1.29, 1.82) is 0 Å². The highest BCUT2D eigenvalue weighted by Gasteiger charge is 2.31. The summed E-state index contributed by atoms with van der Waals surface area (Å²) in [6.45, 7) is 2.26. The first-order chi connectivity index (χ1) is 11.5. The second-order valence-electron chi connectivity index (χ2n) is 5.25. The average molecular weight is 333 g/mol. The maximum Gasteiger partial charge on any atom is 0.337 e. The number of hydrogen-bond acceptors (Lipinski definition) is 5. The highest BCUT2D eigenvalue weighted by atomic mass is 16.5. The maximum atomic E-state index is 12.1. The van der Waals surface area contributed by atoms with Crippen LogP contribution in [0.15, 0.2) is 24.3 Å². The molecule has 1 aliphatic heterocycles. The topological polar surface area (TPSA) is 105 Å². The molecule has 2 N–H and O–H groups in total. The third-order valence-corrected chi connectivity index (χ3v) is 3.70. The van der Waals surface area contributed by atoms with Crippen molar-refractivity contribution in [3.05, 3.63) is 35.4 Å². The molecule has 0 saturated carbocycles. The number of benzene rings is 1. The molecule has 1 saturated heterocycles. The Morgan fingerprint density at radius 3 is 2.46 bits per heavy atom. The van der Waals surface area contributed by atoms with Crippen LogP contribution in [0, 0.1) is 0 Å². The van der Waals surface area contributed by atoms with Gasteiger partial charge in [0.05, 0.1) is 19.2 Å². The molecule has 3 amide bonds. The Labute approximate surface area is 139 Å².